The number of benzene rings is 1. The van der Waals surface area contributed by atoms with E-state index in [0.29, 0.717) is 5.56 Å². The molecule has 0 aliphatic rings. The summed E-state index contributed by atoms with van der Waals surface area (Å²) in [7, 11) is 1.41. The Labute approximate surface area is 153 Å². The largest absolute Gasteiger partial charge is 0.399 e. The maximum absolute atomic E-state index is 13.2. The highest BCUT2D eigenvalue weighted by molar-refractivity contribution is 5.95. The fourth-order valence-corrected chi connectivity index (χ4v) is 2.53. The third kappa shape index (κ3) is 5.13. The first-order valence-electron chi connectivity index (χ1n) is 8.50. The molecule has 0 atom stereocenters. The molecule has 0 radical (unpaired) electrons. The van der Waals surface area contributed by atoms with Crippen molar-refractivity contribution < 1.29 is 18.0 Å². The summed E-state index contributed by atoms with van der Waals surface area (Å²) in [6.07, 6.45) is -1.28. The van der Waals surface area contributed by atoms with E-state index in [2.05, 4.69) is 24.1 Å². The van der Waals surface area contributed by atoms with Gasteiger partial charge in [0.15, 0.2) is 0 Å². The Morgan fingerprint density at radius 1 is 1.27 bits per heavy atom. The van der Waals surface area contributed by atoms with E-state index in [1.165, 1.54) is 18.7 Å². The number of halogens is 3. The topological polar surface area (TPSA) is 41.1 Å². The zero-order valence-corrected chi connectivity index (χ0v) is 16.0. The number of amides is 1. The lowest BCUT2D eigenvalue weighted by molar-refractivity contribution is -0.199. The average Bonchev–Trinajstić information content (AvgIpc) is 2.53. The number of rotatable bonds is 7. The van der Waals surface area contributed by atoms with Gasteiger partial charge in [0.1, 0.15) is 0 Å². The molecule has 0 aromatic heterocycles. The summed E-state index contributed by atoms with van der Waals surface area (Å²) in [4.78, 5) is 12.3. The second kappa shape index (κ2) is 8.43. The highest BCUT2D eigenvalue weighted by Gasteiger charge is 2.49. The van der Waals surface area contributed by atoms with Crippen molar-refractivity contribution in [3.63, 3.8) is 0 Å². The Hall–Kier alpha value is -2.24. The molecule has 1 rings (SSSR count). The fraction of sp³-hybridized carbons (Fsp3) is 0.450. The Bertz CT molecular complexity index is 703. The van der Waals surface area contributed by atoms with Crippen LogP contribution in [0.25, 0.3) is 0 Å². The van der Waals surface area contributed by atoms with Gasteiger partial charge < -0.3 is 10.6 Å². The molecule has 0 heterocycles. The predicted molar refractivity (Wildman–Crippen MR) is 98.8 cm³/mol. The molecule has 0 aliphatic carbocycles. The van der Waals surface area contributed by atoms with Crippen LogP contribution >= 0.6 is 0 Å². The molecule has 0 unspecified atom stereocenters. The minimum absolute atomic E-state index is 0.0789. The standard InChI is InChI=1S/C20H27F3N2O/c1-7-8-15-9-10-16(11-13(15)2)18(26)25-14(3)12-17(24-6)19(4,5)20(21,22)23/h9-12,24H,3,7-8H2,1-2,4-6H3,(H,25,26)/b17-12-. The van der Waals surface area contributed by atoms with Gasteiger partial charge in [0.25, 0.3) is 5.91 Å². The Balaban J connectivity index is 2.96. The van der Waals surface area contributed by atoms with E-state index in [4.69, 9.17) is 0 Å². The third-order valence-corrected chi connectivity index (χ3v) is 4.37. The maximum Gasteiger partial charge on any atom is 0.399 e. The summed E-state index contributed by atoms with van der Waals surface area (Å²) in [6.45, 7) is 9.81. The maximum atomic E-state index is 13.2. The third-order valence-electron chi connectivity index (χ3n) is 4.37. The van der Waals surface area contributed by atoms with Gasteiger partial charge in [-0.1, -0.05) is 26.0 Å². The second-order valence-electron chi connectivity index (χ2n) is 6.80. The predicted octanol–water partition coefficient (Wildman–Crippen LogP) is 4.88. The lowest BCUT2D eigenvalue weighted by atomic mass is 9.87. The van der Waals surface area contributed by atoms with Crippen molar-refractivity contribution in [3.8, 4) is 0 Å². The van der Waals surface area contributed by atoms with Crippen LogP contribution in [0.5, 0.6) is 0 Å². The summed E-state index contributed by atoms with van der Waals surface area (Å²) < 4.78 is 39.6. The van der Waals surface area contributed by atoms with Crippen LogP contribution in [0.4, 0.5) is 13.2 Å². The minimum atomic E-state index is -4.43. The number of hydrogen-bond donors (Lipinski definition) is 2. The van der Waals surface area contributed by atoms with Crippen molar-refractivity contribution in [2.45, 2.75) is 46.7 Å². The minimum Gasteiger partial charge on any atom is -0.391 e. The smallest absolute Gasteiger partial charge is 0.391 e. The molecule has 0 saturated heterocycles. The van der Waals surface area contributed by atoms with Crippen LogP contribution in [-0.2, 0) is 6.42 Å². The van der Waals surface area contributed by atoms with Crippen molar-refractivity contribution in [2.75, 3.05) is 7.05 Å². The lowest BCUT2D eigenvalue weighted by Gasteiger charge is -2.30. The van der Waals surface area contributed by atoms with Crippen LogP contribution in [0.15, 0.2) is 42.2 Å². The van der Waals surface area contributed by atoms with E-state index < -0.39 is 17.5 Å². The first kappa shape index (κ1) is 21.8. The monoisotopic (exact) mass is 368 g/mol. The fourth-order valence-electron chi connectivity index (χ4n) is 2.53. The number of aryl methyl sites for hydroxylation is 2. The zero-order chi connectivity index (χ0) is 20.1. The van der Waals surface area contributed by atoms with Crippen molar-refractivity contribution in [1.29, 1.82) is 0 Å². The van der Waals surface area contributed by atoms with Crippen LogP contribution in [0.1, 0.15) is 48.7 Å². The molecular formula is C20H27F3N2O. The Kier molecular flexibility index (Phi) is 7.07. The summed E-state index contributed by atoms with van der Waals surface area (Å²) in [5.74, 6) is -0.405. The molecule has 26 heavy (non-hydrogen) atoms. The SMILES string of the molecule is C=C(/C=C(\NC)C(C)(C)C(F)(F)F)NC(=O)c1ccc(CCC)c(C)c1. The number of carbonyl (C=O) groups excluding carboxylic acids is 1. The molecule has 0 fully saturated rings. The molecule has 0 bridgehead atoms. The number of carbonyl (C=O) groups is 1. The number of allylic oxidation sites excluding steroid dienone is 2. The zero-order valence-electron chi connectivity index (χ0n) is 16.0. The molecule has 6 heteroatoms. The molecular weight excluding hydrogens is 341 g/mol. The summed E-state index contributed by atoms with van der Waals surface area (Å²) in [6, 6.07) is 5.39. The molecule has 0 aliphatic heterocycles. The van der Waals surface area contributed by atoms with Crippen molar-refractivity contribution >= 4 is 5.91 Å². The van der Waals surface area contributed by atoms with E-state index in [1.807, 2.05) is 13.0 Å². The first-order valence-corrected chi connectivity index (χ1v) is 8.50. The number of hydrogen-bond acceptors (Lipinski definition) is 2. The van der Waals surface area contributed by atoms with E-state index in [0.717, 1.165) is 32.3 Å². The van der Waals surface area contributed by atoms with Gasteiger partial charge in [0.2, 0.25) is 0 Å². The summed E-state index contributed by atoms with van der Waals surface area (Å²) in [5.41, 5.74) is 0.546. The molecule has 1 aromatic rings. The van der Waals surface area contributed by atoms with Crippen LogP contribution in [-0.4, -0.2) is 19.1 Å². The van der Waals surface area contributed by atoms with Crippen LogP contribution < -0.4 is 10.6 Å². The normalized spacial score (nSPS) is 12.7. The van der Waals surface area contributed by atoms with Crippen LogP contribution in [0.3, 0.4) is 0 Å². The van der Waals surface area contributed by atoms with Gasteiger partial charge in [-0.3, -0.25) is 4.79 Å². The average molecular weight is 368 g/mol. The van der Waals surface area contributed by atoms with E-state index in [9.17, 15) is 18.0 Å². The highest BCUT2D eigenvalue weighted by Crippen LogP contribution is 2.42. The first-order chi connectivity index (χ1) is 11.9. The molecule has 1 amide bonds. The quantitative estimate of drug-likeness (QED) is 0.673. The molecule has 1 aromatic carbocycles. The Morgan fingerprint density at radius 2 is 1.88 bits per heavy atom. The molecule has 144 valence electrons. The summed E-state index contributed by atoms with van der Waals surface area (Å²) in [5, 5.41) is 5.10. The van der Waals surface area contributed by atoms with Crippen molar-refractivity contribution in [3.05, 3.63) is 58.9 Å². The second-order valence-corrected chi connectivity index (χ2v) is 6.80. The van der Waals surface area contributed by atoms with E-state index in [1.54, 1.807) is 12.1 Å². The lowest BCUT2D eigenvalue weighted by Crippen LogP contribution is -2.38. The van der Waals surface area contributed by atoms with Gasteiger partial charge in [0, 0.05) is 24.0 Å². The van der Waals surface area contributed by atoms with Gasteiger partial charge in [-0.25, -0.2) is 0 Å². The van der Waals surface area contributed by atoms with Crippen molar-refractivity contribution in [2.24, 2.45) is 5.41 Å². The highest BCUT2D eigenvalue weighted by atomic mass is 19.4. The van der Waals surface area contributed by atoms with E-state index in [-0.39, 0.29) is 11.4 Å². The van der Waals surface area contributed by atoms with Gasteiger partial charge in [-0.05, 0) is 56.5 Å². The molecule has 3 nitrogen and oxygen atoms in total. The van der Waals surface area contributed by atoms with Crippen LogP contribution in [0, 0.1) is 12.3 Å². The van der Waals surface area contributed by atoms with Gasteiger partial charge in [0.05, 0.1) is 5.41 Å². The molecule has 0 spiro atoms. The number of nitrogens with one attached hydrogen (secondary N) is 2. The molecule has 2 N–H and O–H groups in total. The molecule has 0 saturated carbocycles. The van der Waals surface area contributed by atoms with Gasteiger partial charge in [-0.15, -0.1) is 0 Å². The van der Waals surface area contributed by atoms with E-state index >= 15 is 0 Å². The summed E-state index contributed by atoms with van der Waals surface area (Å²) >= 11 is 0. The van der Waals surface area contributed by atoms with Crippen LogP contribution in [0.2, 0.25) is 0 Å². The van der Waals surface area contributed by atoms with Gasteiger partial charge >= 0.3 is 6.18 Å². The number of alkyl halides is 3. The van der Waals surface area contributed by atoms with Gasteiger partial charge in [-0.2, -0.15) is 13.2 Å². The van der Waals surface area contributed by atoms with Crippen molar-refractivity contribution in [1.82, 2.24) is 10.6 Å². The Morgan fingerprint density at radius 3 is 2.35 bits per heavy atom.